The molecule has 0 bridgehead atoms. The molecule has 2 aliphatic heterocycles. The van der Waals surface area contributed by atoms with Gasteiger partial charge in [0.25, 0.3) is 0 Å². The van der Waals surface area contributed by atoms with E-state index in [4.69, 9.17) is 0 Å². The number of benzene rings is 1. The molecule has 16 heteroatoms. The first kappa shape index (κ1) is 43.7. The summed E-state index contributed by atoms with van der Waals surface area (Å²) in [4.78, 5) is 101. The zero-order chi connectivity index (χ0) is 41.3. The number of rotatable bonds is 9. The molecule has 0 saturated carbocycles. The molecule has 308 valence electrons. The molecule has 8 N–H and O–H groups in total. The SMILES string of the molecule is CC(C)CC1NC(=O)CNC(=O)C(Cc2c[nH]c3ccccc23)NC(=O)C2CCCN2C(=O)C(C(C)O)NC(=O)C(CC(C)C)NC(=O)C(CC(C)C)NC1=O. The van der Waals surface area contributed by atoms with Crippen LogP contribution in [0.5, 0.6) is 0 Å². The fourth-order valence-electron chi connectivity index (χ4n) is 7.31. The van der Waals surface area contributed by atoms with Gasteiger partial charge in [0.1, 0.15) is 36.3 Å². The second kappa shape index (κ2) is 19.7. The number of amides is 7. The Balaban J connectivity index is 1.73. The Morgan fingerprint density at radius 1 is 0.679 bits per heavy atom. The number of carbonyl (C=O) groups is 7. The maximum atomic E-state index is 14.1. The Morgan fingerprint density at radius 2 is 1.21 bits per heavy atom. The van der Waals surface area contributed by atoms with Crippen LogP contribution in [-0.4, -0.2) is 112 Å². The molecule has 2 aromatic rings. The highest BCUT2D eigenvalue weighted by atomic mass is 16.3. The van der Waals surface area contributed by atoms with Crippen molar-refractivity contribution in [2.75, 3.05) is 13.1 Å². The summed E-state index contributed by atoms with van der Waals surface area (Å²) in [6.45, 7) is 12.2. The molecule has 1 aromatic carbocycles. The summed E-state index contributed by atoms with van der Waals surface area (Å²) in [7, 11) is 0. The van der Waals surface area contributed by atoms with Crippen molar-refractivity contribution in [2.45, 2.75) is 129 Å². The van der Waals surface area contributed by atoms with Crippen molar-refractivity contribution in [1.29, 1.82) is 0 Å². The lowest BCUT2D eigenvalue weighted by Gasteiger charge is -2.32. The first-order valence-electron chi connectivity index (χ1n) is 19.8. The summed E-state index contributed by atoms with van der Waals surface area (Å²) in [6, 6.07) is 0.554. The van der Waals surface area contributed by atoms with E-state index >= 15 is 0 Å². The molecule has 0 aliphatic carbocycles. The van der Waals surface area contributed by atoms with Crippen LogP contribution in [0.15, 0.2) is 30.5 Å². The summed E-state index contributed by atoms with van der Waals surface area (Å²) in [5.74, 6) is -4.75. The summed E-state index contributed by atoms with van der Waals surface area (Å²) in [5, 5.41) is 27.9. The smallest absolute Gasteiger partial charge is 0.248 e. The normalized spacial score (nSPS) is 25.9. The van der Waals surface area contributed by atoms with Crippen LogP contribution in [0.4, 0.5) is 0 Å². The Kier molecular flexibility index (Phi) is 15.4. The van der Waals surface area contributed by atoms with Crippen molar-refractivity contribution in [3.05, 3.63) is 36.0 Å². The van der Waals surface area contributed by atoms with Crippen LogP contribution in [0.1, 0.15) is 86.1 Å². The Bertz CT molecular complexity index is 1740. The predicted molar refractivity (Wildman–Crippen MR) is 209 cm³/mol. The van der Waals surface area contributed by atoms with Gasteiger partial charge in [0.2, 0.25) is 41.4 Å². The van der Waals surface area contributed by atoms with Gasteiger partial charge in [-0.2, -0.15) is 0 Å². The van der Waals surface area contributed by atoms with E-state index in [9.17, 15) is 38.7 Å². The lowest BCUT2D eigenvalue weighted by molar-refractivity contribution is -0.144. The average Bonchev–Trinajstić information content (AvgIpc) is 3.78. The van der Waals surface area contributed by atoms with E-state index in [0.717, 1.165) is 16.5 Å². The Morgan fingerprint density at radius 3 is 1.79 bits per heavy atom. The van der Waals surface area contributed by atoms with Crippen LogP contribution in [0.2, 0.25) is 0 Å². The molecule has 3 heterocycles. The van der Waals surface area contributed by atoms with Gasteiger partial charge in [-0.1, -0.05) is 59.7 Å². The third-order valence-electron chi connectivity index (χ3n) is 10.1. The van der Waals surface area contributed by atoms with E-state index in [1.807, 2.05) is 65.8 Å². The largest absolute Gasteiger partial charge is 0.391 e. The summed E-state index contributed by atoms with van der Waals surface area (Å²) >= 11 is 0. The van der Waals surface area contributed by atoms with Crippen molar-refractivity contribution >= 4 is 52.3 Å². The van der Waals surface area contributed by atoms with Crippen LogP contribution >= 0.6 is 0 Å². The molecule has 7 atom stereocenters. The Labute approximate surface area is 328 Å². The summed E-state index contributed by atoms with van der Waals surface area (Å²) in [6.07, 6.45) is 1.77. The van der Waals surface area contributed by atoms with E-state index in [1.165, 1.54) is 11.8 Å². The number of fused-ring (bicyclic) bond motifs is 2. The molecule has 56 heavy (non-hydrogen) atoms. The number of carbonyl (C=O) groups excluding carboxylic acids is 7. The lowest BCUT2D eigenvalue weighted by Crippen LogP contribution is -2.61. The number of H-pyrrole nitrogens is 1. The third-order valence-corrected chi connectivity index (χ3v) is 10.1. The van der Waals surface area contributed by atoms with Crippen LogP contribution < -0.4 is 31.9 Å². The first-order chi connectivity index (χ1) is 26.4. The number of aliphatic hydroxyl groups is 1. The van der Waals surface area contributed by atoms with E-state index in [1.54, 1.807) is 6.20 Å². The summed E-state index contributed by atoms with van der Waals surface area (Å²) < 4.78 is 0. The fraction of sp³-hybridized carbons (Fsp3) is 0.625. The summed E-state index contributed by atoms with van der Waals surface area (Å²) in [5.41, 5.74) is 1.56. The quantitative estimate of drug-likeness (QED) is 0.181. The van der Waals surface area contributed by atoms with E-state index in [2.05, 4.69) is 36.9 Å². The van der Waals surface area contributed by atoms with Gasteiger partial charge in [0, 0.05) is 30.1 Å². The highest BCUT2D eigenvalue weighted by molar-refractivity contribution is 5.98. The van der Waals surface area contributed by atoms with E-state index < -0.39 is 90.3 Å². The number of hydrogen-bond acceptors (Lipinski definition) is 8. The molecular formula is C40H60N8O8. The Hall–Kier alpha value is -4.99. The predicted octanol–water partition coefficient (Wildman–Crippen LogP) is 0.774. The van der Waals surface area contributed by atoms with Crippen molar-refractivity contribution in [3.8, 4) is 0 Å². The molecule has 7 amide bonds. The third kappa shape index (κ3) is 11.8. The molecule has 7 unspecified atom stereocenters. The first-order valence-corrected chi connectivity index (χ1v) is 19.8. The van der Waals surface area contributed by atoms with Crippen molar-refractivity contribution in [1.82, 2.24) is 41.8 Å². The lowest BCUT2D eigenvalue weighted by atomic mass is 9.98. The van der Waals surface area contributed by atoms with E-state index in [-0.39, 0.29) is 56.4 Å². The molecular weight excluding hydrogens is 720 g/mol. The standard InChI is InChI=1S/C40H60N8O8/c1-21(2)15-28-36(52)44-29(16-22(3)4)37(53)45-30(17-23(5)6)38(54)47-34(24(7)49)40(56)48-14-10-13-32(48)39(55)46-31(35(51)42-20-33(50)43-28)18-25-19-41-27-12-9-8-11-26(25)27/h8-9,11-12,19,21-24,28-32,34,41,49H,10,13-18,20H2,1-7H3,(H,42,51)(H,43,50)(H,44,52)(H,45,53)(H,46,55)(H,47,54). The minimum Gasteiger partial charge on any atom is -0.391 e. The highest BCUT2D eigenvalue weighted by Crippen LogP contribution is 2.22. The van der Waals surface area contributed by atoms with Crippen molar-refractivity contribution < 1.29 is 38.7 Å². The number of hydrogen-bond donors (Lipinski definition) is 8. The van der Waals surface area contributed by atoms with Gasteiger partial charge >= 0.3 is 0 Å². The van der Waals surface area contributed by atoms with Crippen LogP contribution in [0, 0.1) is 17.8 Å². The molecule has 4 rings (SSSR count). The second-order valence-corrected chi connectivity index (χ2v) is 16.4. The van der Waals surface area contributed by atoms with Crippen molar-refractivity contribution in [3.63, 3.8) is 0 Å². The second-order valence-electron chi connectivity index (χ2n) is 16.4. The minimum absolute atomic E-state index is 0.0397. The van der Waals surface area contributed by atoms with Gasteiger partial charge in [0.05, 0.1) is 12.6 Å². The molecule has 2 aliphatic rings. The van der Waals surface area contributed by atoms with Gasteiger partial charge < -0.3 is 46.9 Å². The van der Waals surface area contributed by atoms with Crippen molar-refractivity contribution in [2.24, 2.45) is 17.8 Å². The van der Waals surface area contributed by atoms with Gasteiger partial charge in [-0.3, -0.25) is 33.6 Å². The molecule has 2 saturated heterocycles. The number of nitrogens with one attached hydrogen (secondary N) is 7. The maximum Gasteiger partial charge on any atom is 0.248 e. The molecule has 2 fully saturated rings. The number of para-hydroxylation sites is 1. The maximum absolute atomic E-state index is 14.1. The zero-order valence-electron chi connectivity index (χ0n) is 33.6. The number of aromatic amines is 1. The van der Waals surface area contributed by atoms with Gasteiger partial charge in [-0.25, -0.2) is 0 Å². The fourth-order valence-corrected chi connectivity index (χ4v) is 7.31. The monoisotopic (exact) mass is 780 g/mol. The van der Waals surface area contributed by atoms with Crippen LogP contribution in [0.25, 0.3) is 10.9 Å². The average molecular weight is 781 g/mol. The minimum atomic E-state index is -1.46. The topological polar surface area (TPSA) is 231 Å². The number of aliphatic hydroxyl groups excluding tert-OH is 1. The molecule has 16 nitrogen and oxygen atoms in total. The van der Waals surface area contributed by atoms with Gasteiger partial charge in [-0.05, 0) is 68.4 Å². The van der Waals surface area contributed by atoms with E-state index in [0.29, 0.717) is 6.42 Å². The molecule has 0 radical (unpaired) electrons. The zero-order valence-corrected chi connectivity index (χ0v) is 33.6. The molecule has 1 aromatic heterocycles. The van der Waals surface area contributed by atoms with Gasteiger partial charge in [-0.15, -0.1) is 0 Å². The van der Waals surface area contributed by atoms with Gasteiger partial charge in [0.15, 0.2) is 0 Å². The molecule has 0 spiro atoms. The highest BCUT2D eigenvalue weighted by Gasteiger charge is 2.41. The number of aromatic nitrogens is 1. The van der Waals surface area contributed by atoms with Crippen LogP contribution in [-0.2, 0) is 40.0 Å². The number of nitrogens with zero attached hydrogens (tertiary/aromatic N) is 1. The van der Waals surface area contributed by atoms with Crippen LogP contribution in [0.3, 0.4) is 0 Å².